The molecule has 4 heteroatoms. The van der Waals surface area contributed by atoms with Crippen molar-refractivity contribution in [1.29, 1.82) is 0 Å². The van der Waals surface area contributed by atoms with E-state index < -0.39 is 0 Å². The smallest absolute Gasteiger partial charge is 0.270 e. The van der Waals surface area contributed by atoms with E-state index in [-0.39, 0.29) is 5.91 Å². The second-order valence-electron chi connectivity index (χ2n) is 4.68. The van der Waals surface area contributed by atoms with Crippen molar-refractivity contribution in [2.24, 2.45) is 5.92 Å². The fourth-order valence-corrected chi connectivity index (χ4v) is 2.73. The molecular formula is C12H17BrN2O. The van der Waals surface area contributed by atoms with E-state index in [1.807, 2.05) is 11.0 Å². The van der Waals surface area contributed by atoms with Crippen LogP contribution >= 0.6 is 15.9 Å². The summed E-state index contributed by atoms with van der Waals surface area (Å²) in [6, 6.07) is 2.24. The minimum atomic E-state index is 0.127. The van der Waals surface area contributed by atoms with Gasteiger partial charge in [0, 0.05) is 23.3 Å². The Bertz CT molecular complexity index is 386. The van der Waals surface area contributed by atoms with Crippen molar-refractivity contribution in [3.8, 4) is 0 Å². The highest BCUT2D eigenvalue weighted by atomic mass is 79.9. The molecule has 0 bridgehead atoms. The third kappa shape index (κ3) is 2.17. The summed E-state index contributed by atoms with van der Waals surface area (Å²) in [6.07, 6.45) is 4.05. The number of nitrogens with zero attached hydrogens (tertiary/aromatic N) is 1. The predicted octanol–water partition coefficient (Wildman–Crippen LogP) is 3.04. The lowest BCUT2D eigenvalue weighted by Crippen LogP contribution is -2.38. The summed E-state index contributed by atoms with van der Waals surface area (Å²) < 4.78 is 0.927. The maximum Gasteiger partial charge on any atom is 0.270 e. The molecule has 1 saturated heterocycles. The second-order valence-corrected chi connectivity index (χ2v) is 5.60. The maximum absolute atomic E-state index is 12.2. The first kappa shape index (κ1) is 11.7. The minimum absolute atomic E-state index is 0.127. The normalized spacial score (nSPS) is 20.8. The predicted molar refractivity (Wildman–Crippen MR) is 67.4 cm³/mol. The number of likely N-dealkylation sites (tertiary alicyclic amines) is 1. The number of aromatic nitrogens is 1. The van der Waals surface area contributed by atoms with Gasteiger partial charge in [-0.15, -0.1) is 0 Å². The Labute approximate surface area is 104 Å². The minimum Gasteiger partial charge on any atom is -0.356 e. The SMILES string of the molecule is CC(C)[C@H]1CCCN1C(=O)c1cc(Br)c[nH]1. The van der Waals surface area contributed by atoms with Crippen molar-refractivity contribution in [2.75, 3.05) is 6.54 Å². The lowest BCUT2D eigenvalue weighted by atomic mass is 10.0. The van der Waals surface area contributed by atoms with Crippen LogP contribution in [0.15, 0.2) is 16.7 Å². The molecule has 1 aromatic heterocycles. The number of nitrogens with one attached hydrogen (secondary N) is 1. The van der Waals surface area contributed by atoms with Gasteiger partial charge in [0.15, 0.2) is 0 Å². The number of halogens is 1. The van der Waals surface area contributed by atoms with Gasteiger partial charge in [0.2, 0.25) is 0 Å². The van der Waals surface area contributed by atoms with E-state index in [4.69, 9.17) is 0 Å². The number of aromatic amines is 1. The van der Waals surface area contributed by atoms with Crippen molar-refractivity contribution in [3.05, 3.63) is 22.4 Å². The first-order chi connectivity index (χ1) is 7.59. The zero-order chi connectivity index (χ0) is 11.7. The van der Waals surface area contributed by atoms with Crippen molar-refractivity contribution in [1.82, 2.24) is 9.88 Å². The number of amides is 1. The van der Waals surface area contributed by atoms with Gasteiger partial charge in [-0.3, -0.25) is 4.79 Å². The summed E-state index contributed by atoms with van der Waals surface area (Å²) in [4.78, 5) is 17.3. The van der Waals surface area contributed by atoms with Gasteiger partial charge >= 0.3 is 0 Å². The molecule has 1 aromatic rings. The Hall–Kier alpha value is -0.770. The summed E-state index contributed by atoms with van der Waals surface area (Å²) >= 11 is 3.35. The van der Waals surface area contributed by atoms with E-state index >= 15 is 0 Å². The van der Waals surface area contributed by atoms with Crippen LogP contribution < -0.4 is 0 Å². The molecule has 0 spiro atoms. The van der Waals surface area contributed by atoms with Crippen molar-refractivity contribution in [3.63, 3.8) is 0 Å². The topological polar surface area (TPSA) is 36.1 Å². The van der Waals surface area contributed by atoms with Gasteiger partial charge in [-0.1, -0.05) is 13.8 Å². The van der Waals surface area contributed by atoms with Crippen LogP contribution in [0.5, 0.6) is 0 Å². The Morgan fingerprint density at radius 2 is 2.38 bits per heavy atom. The van der Waals surface area contributed by atoms with Gasteiger partial charge in [-0.25, -0.2) is 0 Å². The maximum atomic E-state index is 12.2. The third-order valence-corrected chi connectivity index (χ3v) is 3.67. The molecule has 2 heterocycles. The molecule has 1 amide bonds. The fourth-order valence-electron chi connectivity index (χ4n) is 2.38. The van der Waals surface area contributed by atoms with Gasteiger partial charge < -0.3 is 9.88 Å². The zero-order valence-electron chi connectivity index (χ0n) is 9.66. The fraction of sp³-hybridized carbons (Fsp3) is 0.583. The van der Waals surface area contributed by atoms with Crippen molar-refractivity contribution in [2.45, 2.75) is 32.7 Å². The first-order valence-electron chi connectivity index (χ1n) is 5.74. The Balaban J connectivity index is 2.15. The number of hydrogen-bond donors (Lipinski definition) is 1. The molecule has 0 aliphatic carbocycles. The van der Waals surface area contributed by atoms with Crippen LogP contribution in [0.4, 0.5) is 0 Å². The molecule has 88 valence electrons. The van der Waals surface area contributed by atoms with Gasteiger partial charge in [0.05, 0.1) is 0 Å². The molecule has 1 fully saturated rings. The van der Waals surface area contributed by atoms with Gasteiger partial charge in [-0.05, 0) is 40.8 Å². The number of H-pyrrole nitrogens is 1. The lowest BCUT2D eigenvalue weighted by molar-refractivity contribution is 0.0696. The van der Waals surface area contributed by atoms with E-state index in [0.29, 0.717) is 17.7 Å². The molecule has 0 aromatic carbocycles. The van der Waals surface area contributed by atoms with Crippen LogP contribution in [0.1, 0.15) is 37.2 Å². The molecule has 2 rings (SSSR count). The van der Waals surface area contributed by atoms with Crippen LogP contribution in [0.2, 0.25) is 0 Å². The lowest BCUT2D eigenvalue weighted by Gasteiger charge is -2.27. The summed E-state index contributed by atoms with van der Waals surface area (Å²) in [7, 11) is 0. The standard InChI is InChI=1S/C12H17BrN2O/c1-8(2)11-4-3-5-15(11)12(16)10-6-9(13)7-14-10/h6-8,11,14H,3-5H2,1-2H3/t11-/m1/s1. The number of hydrogen-bond acceptors (Lipinski definition) is 1. The van der Waals surface area contributed by atoms with Crippen molar-refractivity contribution >= 4 is 21.8 Å². The molecule has 1 N–H and O–H groups in total. The molecule has 16 heavy (non-hydrogen) atoms. The highest BCUT2D eigenvalue weighted by Crippen LogP contribution is 2.25. The van der Waals surface area contributed by atoms with E-state index in [9.17, 15) is 4.79 Å². The van der Waals surface area contributed by atoms with Gasteiger partial charge in [0.1, 0.15) is 5.69 Å². The summed E-state index contributed by atoms with van der Waals surface area (Å²) in [5, 5.41) is 0. The quantitative estimate of drug-likeness (QED) is 0.890. The Kier molecular flexibility index (Phi) is 3.38. The average Bonchev–Trinajstić information content (AvgIpc) is 2.84. The van der Waals surface area contributed by atoms with Crippen molar-refractivity contribution < 1.29 is 4.79 Å². The molecule has 1 atom stereocenters. The van der Waals surface area contributed by atoms with Gasteiger partial charge in [0.25, 0.3) is 5.91 Å². The van der Waals surface area contributed by atoms with Crippen LogP contribution in [-0.2, 0) is 0 Å². The second kappa shape index (κ2) is 4.62. The Morgan fingerprint density at radius 1 is 1.62 bits per heavy atom. The largest absolute Gasteiger partial charge is 0.356 e. The monoisotopic (exact) mass is 284 g/mol. The molecule has 0 unspecified atom stereocenters. The highest BCUT2D eigenvalue weighted by Gasteiger charge is 2.31. The molecule has 3 nitrogen and oxygen atoms in total. The number of carbonyl (C=O) groups is 1. The summed E-state index contributed by atoms with van der Waals surface area (Å²) in [5.74, 6) is 0.659. The first-order valence-corrected chi connectivity index (χ1v) is 6.54. The van der Waals surface area contributed by atoms with Crippen LogP contribution in [-0.4, -0.2) is 28.4 Å². The zero-order valence-corrected chi connectivity index (χ0v) is 11.3. The molecule has 1 aliphatic rings. The molecule has 0 saturated carbocycles. The van der Waals surface area contributed by atoms with Crippen LogP contribution in [0.25, 0.3) is 0 Å². The summed E-state index contributed by atoms with van der Waals surface area (Å²) in [5.41, 5.74) is 0.680. The molecular weight excluding hydrogens is 268 g/mol. The summed E-state index contributed by atoms with van der Waals surface area (Å²) in [6.45, 7) is 5.25. The van der Waals surface area contributed by atoms with E-state index in [2.05, 4.69) is 34.8 Å². The average molecular weight is 285 g/mol. The number of rotatable bonds is 2. The molecule has 1 aliphatic heterocycles. The third-order valence-electron chi connectivity index (χ3n) is 3.21. The van der Waals surface area contributed by atoms with E-state index in [1.54, 1.807) is 6.20 Å². The van der Waals surface area contributed by atoms with Crippen LogP contribution in [0.3, 0.4) is 0 Å². The van der Waals surface area contributed by atoms with Gasteiger partial charge in [-0.2, -0.15) is 0 Å². The van der Waals surface area contributed by atoms with E-state index in [0.717, 1.165) is 23.9 Å². The highest BCUT2D eigenvalue weighted by molar-refractivity contribution is 9.10. The van der Waals surface area contributed by atoms with E-state index in [1.165, 1.54) is 0 Å². The molecule has 0 radical (unpaired) electrons. The Morgan fingerprint density at radius 3 is 2.94 bits per heavy atom. The number of carbonyl (C=O) groups excluding carboxylic acids is 1. The van der Waals surface area contributed by atoms with Crippen LogP contribution in [0, 0.1) is 5.92 Å².